The summed E-state index contributed by atoms with van der Waals surface area (Å²) in [6, 6.07) is 12.8. The number of ether oxygens (including phenoxy) is 1. The van der Waals surface area contributed by atoms with Gasteiger partial charge in [0.25, 0.3) is 5.56 Å². The lowest BCUT2D eigenvalue weighted by Gasteiger charge is -2.14. The molecule has 1 heterocycles. The van der Waals surface area contributed by atoms with Crippen molar-refractivity contribution in [2.24, 2.45) is 5.73 Å². The van der Waals surface area contributed by atoms with E-state index < -0.39 is 11.4 Å². The summed E-state index contributed by atoms with van der Waals surface area (Å²) in [6.45, 7) is 0.531. The average molecular weight is 360 g/mol. The number of nitrogens with two attached hydrogens (primary N) is 1. The van der Waals surface area contributed by atoms with Crippen molar-refractivity contribution in [2.75, 3.05) is 13.2 Å². The molecule has 0 fully saturated rings. The number of hydrogen-bond donors (Lipinski definition) is 2. The highest BCUT2D eigenvalue weighted by atomic mass is 35.5. The van der Waals surface area contributed by atoms with Gasteiger partial charge in [-0.1, -0.05) is 12.1 Å². The second kappa shape index (κ2) is 7.79. The van der Waals surface area contributed by atoms with E-state index in [1.165, 1.54) is 18.2 Å². The number of nitrogens with one attached hydrogen (secondary N) is 1. The Hall–Kier alpha value is -2.88. The van der Waals surface area contributed by atoms with Crippen molar-refractivity contribution < 1.29 is 9.13 Å². The molecule has 0 aliphatic carbocycles. The van der Waals surface area contributed by atoms with Gasteiger partial charge in [0.05, 0.1) is 22.7 Å². The molecular formula is C18H15ClFN3O2. The standard InChI is InChI=1S/C18H14FN3O2.ClH/c19-13-4-5-14-15(9-13)18(23)22-16(17(14)24-7-6-20)12-3-1-2-11(8-12)10-21;/h1-5,8-9H,6-7,20H2,(H,22,23);1H. The summed E-state index contributed by atoms with van der Waals surface area (Å²) in [5.74, 6) is -0.0952. The summed E-state index contributed by atoms with van der Waals surface area (Å²) in [5, 5.41) is 9.75. The van der Waals surface area contributed by atoms with Crippen molar-refractivity contribution in [2.45, 2.75) is 0 Å². The molecule has 0 atom stereocenters. The van der Waals surface area contributed by atoms with Crippen LogP contribution in [-0.4, -0.2) is 18.1 Å². The number of hydrogen-bond acceptors (Lipinski definition) is 4. The number of nitriles is 1. The van der Waals surface area contributed by atoms with E-state index in [1.807, 2.05) is 0 Å². The number of benzene rings is 2. The lowest BCUT2D eigenvalue weighted by Crippen LogP contribution is -2.15. The molecule has 0 aliphatic heterocycles. The van der Waals surface area contributed by atoms with Gasteiger partial charge < -0.3 is 15.5 Å². The number of fused-ring (bicyclic) bond motifs is 1. The van der Waals surface area contributed by atoms with Gasteiger partial charge in [-0.2, -0.15) is 5.26 Å². The summed E-state index contributed by atoms with van der Waals surface area (Å²) in [4.78, 5) is 15.1. The lowest BCUT2D eigenvalue weighted by atomic mass is 10.0. The molecule has 2 aromatic carbocycles. The quantitative estimate of drug-likeness (QED) is 0.749. The van der Waals surface area contributed by atoms with Gasteiger partial charge in [0, 0.05) is 17.5 Å². The highest BCUT2D eigenvalue weighted by Gasteiger charge is 2.15. The number of halogens is 2. The molecule has 0 amide bonds. The molecule has 25 heavy (non-hydrogen) atoms. The van der Waals surface area contributed by atoms with Gasteiger partial charge in [0.2, 0.25) is 0 Å². The lowest BCUT2D eigenvalue weighted by molar-refractivity contribution is 0.332. The Morgan fingerprint density at radius 1 is 1.20 bits per heavy atom. The second-order valence-electron chi connectivity index (χ2n) is 5.18. The summed E-state index contributed by atoms with van der Waals surface area (Å²) >= 11 is 0. The van der Waals surface area contributed by atoms with Crippen molar-refractivity contribution in [1.29, 1.82) is 5.26 Å². The smallest absolute Gasteiger partial charge is 0.256 e. The van der Waals surface area contributed by atoms with Crippen LogP contribution in [0.1, 0.15) is 5.56 Å². The first-order valence-corrected chi connectivity index (χ1v) is 7.33. The third-order valence-corrected chi connectivity index (χ3v) is 3.58. The minimum Gasteiger partial charge on any atom is -0.489 e. The Morgan fingerprint density at radius 2 is 2.00 bits per heavy atom. The summed E-state index contributed by atoms with van der Waals surface area (Å²) in [7, 11) is 0. The minimum absolute atomic E-state index is 0. The molecule has 3 aromatic rings. The third-order valence-electron chi connectivity index (χ3n) is 3.58. The molecule has 7 heteroatoms. The van der Waals surface area contributed by atoms with Gasteiger partial charge in [-0.15, -0.1) is 12.4 Å². The Morgan fingerprint density at radius 3 is 2.72 bits per heavy atom. The molecule has 128 valence electrons. The van der Waals surface area contributed by atoms with Crippen LogP contribution in [-0.2, 0) is 0 Å². The monoisotopic (exact) mass is 359 g/mol. The normalized spacial score (nSPS) is 10.1. The maximum atomic E-state index is 13.5. The molecule has 1 aromatic heterocycles. The van der Waals surface area contributed by atoms with Gasteiger partial charge in [-0.05, 0) is 30.3 Å². The van der Waals surface area contributed by atoms with Crippen LogP contribution in [0, 0.1) is 17.1 Å². The topological polar surface area (TPSA) is 91.9 Å². The van der Waals surface area contributed by atoms with E-state index in [1.54, 1.807) is 24.3 Å². The fraction of sp³-hybridized carbons (Fsp3) is 0.111. The Labute approximate surface area is 149 Å². The summed E-state index contributed by atoms with van der Waals surface area (Å²) in [5.41, 5.74) is 6.60. The molecule has 0 spiro atoms. The zero-order valence-corrected chi connectivity index (χ0v) is 13.9. The number of aromatic nitrogens is 1. The van der Waals surface area contributed by atoms with Crippen LogP contribution in [0.15, 0.2) is 47.3 Å². The van der Waals surface area contributed by atoms with E-state index in [4.69, 9.17) is 15.7 Å². The first-order chi connectivity index (χ1) is 11.6. The summed E-state index contributed by atoms with van der Waals surface area (Å²) in [6.07, 6.45) is 0. The van der Waals surface area contributed by atoms with E-state index in [2.05, 4.69) is 11.1 Å². The highest BCUT2D eigenvalue weighted by molar-refractivity contribution is 5.93. The van der Waals surface area contributed by atoms with E-state index in [-0.39, 0.29) is 24.4 Å². The molecule has 0 aliphatic rings. The minimum atomic E-state index is -0.503. The number of pyridine rings is 1. The maximum absolute atomic E-state index is 13.5. The Bertz CT molecular complexity index is 1010. The van der Waals surface area contributed by atoms with Gasteiger partial charge in [0.15, 0.2) is 5.75 Å². The van der Waals surface area contributed by atoms with Crippen molar-refractivity contribution in [3.8, 4) is 23.1 Å². The fourth-order valence-corrected chi connectivity index (χ4v) is 2.53. The van der Waals surface area contributed by atoms with Crippen LogP contribution in [0.25, 0.3) is 22.0 Å². The second-order valence-corrected chi connectivity index (χ2v) is 5.18. The molecule has 0 bridgehead atoms. The largest absolute Gasteiger partial charge is 0.489 e. The molecule has 0 saturated carbocycles. The molecule has 3 rings (SSSR count). The summed E-state index contributed by atoms with van der Waals surface area (Å²) < 4.78 is 19.2. The van der Waals surface area contributed by atoms with Crippen LogP contribution in [0.4, 0.5) is 4.39 Å². The molecule has 0 unspecified atom stereocenters. The van der Waals surface area contributed by atoms with Crippen LogP contribution >= 0.6 is 12.4 Å². The Kier molecular flexibility index (Phi) is 5.75. The number of rotatable bonds is 4. The van der Waals surface area contributed by atoms with Crippen LogP contribution in [0.2, 0.25) is 0 Å². The number of aromatic amines is 1. The molecule has 0 saturated heterocycles. The molecule has 5 nitrogen and oxygen atoms in total. The van der Waals surface area contributed by atoms with Gasteiger partial charge in [0.1, 0.15) is 12.4 Å². The van der Waals surface area contributed by atoms with Crippen molar-refractivity contribution in [3.63, 3.8) is 0 Å². The first kappa shape index (κ1) is 18.5. The average Bonchev–Trinajstić information content (AvgIpc) is 2.61. The van der Waals surface area contributed by atoms with Crippen LogP contribution < -0.4 is 16.0 Å². The molecular weight excluding hydrogens is 345 g/mol. The Balaban J connectivity index is 0.00000225. The SMILES string of the molecule is Cl.N#Cc1cccc(-c2[nH]c(=O)c3cc(F)ccc3c2OCCN)c1. The first-order valence-electron chi connectivity index (χ1n) is 7.33. The van der Waals surface area contributed by atoms with E-state index >= 15 is 0 Å². The predicted molar refractivity (Wildman–Crippen MR) is 96.5 cm³/mol. The number of H-pyrrole nitrogens is 1. The zero-order valence-electron chi connectivity index (χ0n) is 13.1. The maximum Gasteiger partial charge on any atom is 0.256 e. The molecule has 0 radical (unpaired) electrons. The van der Waals surface area contributed by atoms with E-state index in [0.717, 1.165) is 0 Å². The van der Waals surface area contributed by atoms with Gasteiger partial charge in [-0.3, -0.25) is 4.79 Å². The zero-order chi connectivity index (χ0) is 17.1. The van der Waals surface area contributed by atoms with Crippen molar-refractivity contribution in [1.82, 2.24) is 4.98 Å². The van der Waals surface area contributed by atoms with Gasteiger partial charge >= 0.3 is 0 Å². The number of nitrogens with zero attached hydrogens (tertiary/aromatic N) is 1. The highest BCUT2D eigenvalue weighted by Crippen LogP contribution is 2.34. The van der Waals surface area contributed by atoms with E-state index in [0.29, 0.717) is 34.5 Å². The van der Waals surface area contributed by atoms with Gasteiger partial charge in [-0.25, -0.2) is 4.39 Å². The van der Waals surface area contributed by atoms with Crippen LogP contribution in [0.5, 0.6) is 5.75 Å². The fourth-order valence-electron chi connectivity index (χ4n) is 2.53. The van der Waals surface area contributed by atoms with E-state index in [9.17, 15) is 9.18 Å². The molecule has 3 N–H and O–H groups in total. The third kappa shape index (κ3) is 3.63. The predicted octanol–water partition coefficient (Wildman–Crippen LogP) is 2.97. The van der Waals surface area contributed by atoms with Crippen molar-refractivity contribution >= 4 is 23.2 Å². The van der Waals surface area contributed by atoms with Crippen LogP contribution in [0.3, 0.4) is 0 Å². The van der Waals surface area contributed by atoms with Crippen molar-refractivity contribution in [3.05, 3.63) is 64.2 Å².